The lowest BCUT2D eigenvalue weighted by Gasteiger charge is -2.15. The molecule has 0 aliphatic carbocycles. The molecule has 25 heavy (non-hydrogen) atoms. The van der Waals surface area contributed by atoms with Crippen LogP contribution in [0.5, 0.6) is 0 Å². The Bertz CT molecular complexity index is 923. The summed E-state index contributed by atoms with van der Waals surface area (Å²) in [4.78, 5) is 28.2. The van der Waals surface area contributed by atoms with Crippen LogP contribution in [0, 0.1) is 6.92 Å². The van der Waals surface area contributed by atoms with Crippen molar-refractivity contribution in [3.8, 4) is 0 Å². The molecule has 2 aromatic heterocycles. The van der Waals surface area contributed by atoms with Gasteiger partial charge >= 0.3 is 5.97 Å². The van der Waals surface area contributed by atoms with Crippen molar-refractivity contribution in [1.29, 1.82) is 0 Å². The second-order valence-electron chi connectivity index (χ2n) is 6.10. The number of nitrogens with zero attached hydrogens (tertiary/aromatic N) is 1. The molecule has 1 amide bonds. The molecule has 0 unspecified atom stereocenters. The summed E-state index contributed by atoms with van der Waals surface area (Å²) in [6.07, 6.45) is 2.96. The topological polar surface area (TPSA) is 86.5 Å². The monoisotopic (exact) mass is 340 g/mol. The van der Waals surface area contributed by atoms with Crippen molar-refractivity contribution < 1.29 is 19.1 Å². The van der Waals surface area contributed by atoms with Crippen LogP contribution in [0.3, 0.4) is 0 Å². The molecule has 0 fully saturated rings. The summed E-state index contributed by atoms with van der Waals surface area (Å²) in [5.41, 5.74) is 2.31. The number of hydrogen-bond acceptors (Lipinski definition) is 3. The van der Waals surface area contributed by atoms with Gasteiger partial charge in [-0.1, -0.05) is 18.2 Å². The van der Waals surface area contributed by atoms with E-state index in [1.54, 1.807) is 18.9 Å². The molecule has 3 rings (SSSR count). The normalized spacial score (nSPS) is 11.0. The highest BCUT2D eigenvalue weighted by Gasteiger charge is 2.17. The summed E-state index contributed by atoms with van der Waals surface area (Å²) in [7, 11) is 1.69. The molecule has 0 spiro atoms. The van der Waals surface area contributed by atoms with E-state index in [1.807, 2.05) is 30.5 Å². The largest absolute Gasteiger partial charge is 0.478 e. The van der Waals surface area contributed by atoms with E-state index in [-0.39, 0.29) is 18.0 Å². The van der Waals surface area contributed by atoms with Crippen molar-refractivity contribution in [2.24, 2.45) is 0 Å². The van der Waals surface area contributed by atoms with Gasteiger partial charge in [0, 0.05) is 30.6 Å². The van der Waals surface area contributed by atoms with Crippen molar-refractivity contribution >= 4 is 22.8 Å². The zero-order chi connectivity index (χ0) is 18.0. The van der Waals surface area contributed by atoms with Gasteiger partial charge in [-0.3, -0.25) is 4.79 Å². The van der Waals surface area contributed by atoms with Crippen LogP contribution >= 0.6 is 0 Å². The number of aromatic amines is 1. The third-order valence-electron chi connectivity index (χ3n) is 4.30. The summed E-state index contributed by atoms with van der Waals surface area (Å²) < 4.78 is 5.43. The van der Waals surface area contributed by atoms with Gasteiger partial charge in [-0.15, -0.1) is 0 Å². The summed E-state index contributed by atoms with van der Waals surface area (Å²) in [5, 5.41) is 10.2. The van der Waals surface area contributed by atoms with Gasteiger partial charge < -0.3 is 19.4 Å². The predicted octanol–water partition coefficient (Wildman–Crippen LogP) is 3.36. The Labute approximate surface area is 145 Å². The number of para-hydroxylation sites is 1. The molecule has 0 aliphatic heterocycles. The molecule has 130 valence electrons. The minimum atomic E-state index is -1.03. The maximum absolute atomic E-state index is 12.4. The van der Waals surface area contributed by atoms with E-state index in [0.717, 1.165) is 16.5 Å². The van der Waals surface area contributed by atoms with Crippen molar-refractivity contribution in [3.05, 3.63) is 59.2 Å². The number of H-pyrrole nitrogens is 1. The number of aromatic carboxylic acids is 1. The SMILES string of the molecule is Cc1oc(CN(C)C(=O)CCc2c[nH]c3ccccc23)cc1C(=O)O. The first-order valence-corrected chi connectivity index (χ1v) is 8.07. The molecule has 2 heterocycles. The number of furan rings is 1. The second-order valence-corrected chi connectivity index (χ2v) is 6.10. The number of aryl methyl sites for hydroxylation is 2. The first kappa shape index (κ1) is 16.8. The molecule has 0 radical (unpaired) electrons. The molecule has 3 aromatic rings. The number of carbonyl (C=O) groups excluding carboxylic acids is 1. The van der Waals surface area contributed by atoms with Gasteiger partial charge in [-0.25, -0.2) is 4.79 Å². The standard InChI is InChI=1S/C19H20N2O4/c1-12-16(19(23)24)9-14(25-12)11-21(2)18(22)8-7-13-10-20-17-6-4-3-5-15(13)17/h3-6,9-10,20H,7-8,11H2,1-2H3,(H,23,24). The van der Waals surface area contributed by atoms with Gasteiger partial charge in [0.25, 0.3) is 0 Å². The van der Waals surface area contributed by atoms with Crippen LogP contribution in [-0.2, 0) is 17.8 Å². The predicted molar refractivity (Wildman–Crippen MR) is 93.5 cm³/mol. The molecule has 0 saturated heterocycles. The first-order chi connectivity index (χ1) is 12.0. The van der Waals surface area contributed by atoms with Gasteiger partial charge in [0.05, 0.1) is 6.54 Å². The fourth-order valence-electron chi connectivity index (χ4n) is 2.93. The molecular weight excluding hydrogens is 320 g/mol. The van der Waals surface area contributed by atoms with E-state index in [2.05, 4.69) is 4.98 Å². The average molecular weight is 340 g/mol. The number of amides is 1. The molecule has 0 atom stereocenters. The van der Waals surface area contributed by atoms with E-state index in [9.17, 15) is 9.59 Å². The average Bonchev–Trinajstić information content (AvgIpc) is 3.16. The number of carboxylic acids is 1. The Morgan fingerprint density at radius 2 is 2.04 bits per heavy atom. The smallest absolute Gasteiger partial charge is 0.339 e. The van der Waals surface area contributed by atoms with Crippen LogP contribution in [-0.4, -0.2) is 33.9 Å². The first-order valence-electron chi connectivity index (χ1n) is 8.07. The highest BCUT2D eigenvalue weighted by molar-refractivity contribution is 5.89. The van der Waals surface area contributed by atoms with Crippen LogP contribution in [0.4, 0.5) is 0 Å². The Kier molecular flexibility index (Phi) is 4.61. The molecular formula is C19H20N2O4. The summed E-state index contributed by atoms with van der Waals surface area (Å²) in [5.74, 6) is -0.225. The lowest BCUT2D eigenvalue weighted by Crippen LogP contribution is -2.26. The number of hydrogen-bond donors (Lipinski definition) is 2. The second kappa shape index (κ2) is 6.84. The maximum atomic E-state index is 12.4. The number of benzene rings is 1. The Morgan fingerprint density at radius 1 is 1.28 bits per heavy atom. The van der Waals surface area contributed by atoms with Crippen LogP contribution in [0.15, 0.2) is 40.9 Å². The lowest BCUT2D eigenvalue weighted by molar-refractivity contribution is -0.130. The van der Waals surface area contributed by atoms with E-state index in [4.69, 9.17) is 9.52 Å². The number of carbonyl (C=O) groups is 2. The van der Waals surface area contributed by atoms with Gasteiger partial charge in [0.1, 0.15) is 17.1 Å². The number of aromatic nitrogens is 1. The van der Waals surface area contributed by atoms with E-state index >= 15 is 0 Å². The molecule has 6 nitrogen and oxygen atoms in total. The molecule has 1 aromatic carbocycles. The number of rotatable bonds is 6. The van der Waals surface area contributed by atoms with Crippen molar-refractivity contribution in [2.75, 3.05) is 7.05 Å². The third kappa shape index (κ3) is 3.57. The minimum absolute atomic E-state index is 0.0174. The van der Waals surface area contributed by atoms with E-state index in [0.29, 0.717) is 24.4 Å². The number of carboxylic acid groups (broad SMARTS) is 1. The molecule has 0 aliphatic rings. The van der Waals surface area contributed by atoms with Crippen LogP contribution < -0.4 is 0 Å². The Balaban J connectivity index is 1.61. The molecule has 6 heteroatoms. The zero-order valence-electron chi connectivity index (χ0n) is 14.2. The fourth-order valence-corrected chi connectivity index (χ4v) is 2.93. The van der Waals surface area contributed by atoms with Gasteiger partial charge in [-0.2, -0.15) is 0 Å². The van der Waals surface area contributed by atoms with Crippen molar-refractivity contribution in [1.82, 2.24) is 9.88 Å². The maximum Gasteiger partial charge on any atom is 0.339 e. The van der Waals surface area contributed by atoms with Crippen molar-refractivity contribution in [2.45, 2.75) is 26.3 Å². The zero-order valence-corrected chi connectivity index (χ0v) is 14.2. The summed E-state index contributed by atoms with van der Waals surface area (Å²) >= 11 is 0. The highest BCUT2D eigenvalue weighted by atomic mass is 16.4. The molecule has 2 N–H and O–H groups in total. The van der Waals surface area contributed by atoms with Gasteiger partial charge in [-0.05, 0) is 31.0 Å². The number of fused-ring (bicyclic) bond motifs is 1. The minimum Gasteiger partial charge on any atom is -0.478 e. The molecule has 0 saturated carbocycles. The number of nitrogens with one attached hydrogen (secondary N) is 1. The van der Waals surface area contributed by atoms with E-state index < -0.39 is 5.97 Å². The quantitative estimate of drug-likeness (QED) is 0.720. The lowest BCUT2D eigenvalue weighted by atomic mass is 10.1. The van der Waals surface area contributed by atoms with Crippen LogP contribution in [0.2, 0.25) is 0 Å². The van der Waals surface area contributed by atoms with E-state index in [1.165, 1.54) is 6.07 Å². The summed E-state index contributed by atoms with van der Waals surface area (Å²) in [6, 6.07) is 9.47. The van der Waals surface area contributed by atoms with Crippen LogP contribution in [0.25, 0.3) is 10.9 Å². The summed E-state index contributed by atoms with van der Waals surface area (Å²) in [6.45, 7) is 1.85. The van der Waals surface area contributed by atoms with Crippen molar-refractivity contribution in [3.63, 3.8) is 0 Å². The van der Waals surface area contributed by atoms with Crippen LogP contribution in [0.1, 0.15) is 33.9 Å². The third-order valence-corrected chi connectivity index (χ3v) is 4.30. The molecule has 0 bridgehead atoms. The Morgan fingerprint density at radius 3 is 2.76 bits per heavy atom. The Hall–Kier alpha value is -3.02. The fraction of sp³-hybridized carbons (Fsp3) is 0.263. The van der Waals surface area contributed by atoms with Gasteiger partial charge in [0.2, 0.25) is 5.91 Å². The highest BCUT2D eigenvalue weighted by Crippen LogP contribution is 2.20. The van der Waals surface area contributed by atoms with Gasteiger partial charge in [0.15, 0.2) is 0 Å².